The number of hydrogen-bond acceptors (Lipinski definition) is 5. The summed E-state index contributed by atoms with van der Waals surface area (Å²) in [6, 6.07) is 8.41. The Bertz CT molecular complexity index is 436. The topological polar surface area (TPSA) is 73.5 Å². The van der Waals surface area contributed by atoms with Crippen LogP contribution >= 0.6 is 0 Å². The van der Waals surface area contributed by atoms with E-state index >= 15 is 0 Å². The van der Waals surface area contributed by atoms with Crippen molar-refractivity contribution in [2.75, 3.05) is 39.3 Å². The molecule has 1 aliphatic heterocycles. The molecule has 1 unspecified atom stereocenters. The van der Waals surface area contributed by atoms with E-state index in [1.54, 1.807) is 0 Å². The molecule has 110 valence electrons. The molecular formula is C15H24N4O. The van der Waals surface area contributed by atoms with Crippen molar-refractivity contribution in [2.24, 2.45) is 5.73 Å². The number of aliphatic hydroxyl groups excluding tert-OH is 1. The van der Waals surface area contributed by atoms with Crippen molar-refractivity contribution >= 4 is 6.08 Å². The SMILES string of the molecule is NCCN1C=Cc2ccccc2C1NCCNCCO. The highest BCUT2D eigenvalue weighted by Crippen LogP contribution is 2.27. The molecule has 0 amide bonds. The van der Waals surface area contributed by atoms with Gasteiger partial charge in [-0.25, -0.2) is 0 Å². The Kier molecular flexibility index (Phi) is 6.01. The van der Waals surface area contributed by atoms with E-state index in [4.69, 9.17) is 10.8 Å². The second-order valence-corrected chi connectivity index (χ2v) is 4.80. The second-order valence-electron chi connectivity index (χ2n) is 4.80. The molecule has 20 heavy (non-hydrogen) atoms. The fourth-order valence-electron chi connectivity index (χ4n) is 2.43. The predicted molar refractivity (Wildman–Crippen MR) is 81.9 cm³/mol. The Morgan fingerprint density at radius 1 is 1.20 bits per heavy atom. The van der Waals surface area contributed by atoms with Gasteiger partial charge >= 0.3 is 0 Å². The zero-order chi connectivity index (χ0) is 14.2. The summed E-state index contributed by atoms with van der Waals surface area (Å²) in [5, 5.41) is 15.5. The molecule has 5 nitrogen and oxygen atoms in total. The van der Waals surface area contributed by atoms with Gasteiger partial charge in [0, 0.05) is 38.9 Å². The molecule has 0 bridgehead atoms. The average molecular weight is 276 g/mol. The van der Waals surface area contributed by atoms with Gasteiger partial charge in [-0.1, -0.05) is 24.3 Å². The van der Waals surface area contributed by atoms with Gasteiger partial charge in [0.1, 0.15) is 6.17 Å². The molecule has 0 aromatic heterocycles. The second kappa shape index (κ2) is 8.01. The Hall–Kier alpha value is -1.40. The van der Waals surface area contributed by atoms with Crippen LogP contribution in [0.25, 0.3) is 6.08 Å². The molecule has 1 atom stereocenters. The van der Waals surface area contributed by atoms with Gasteiger partial charge in [-0.05, 0) is 17.2 Å². The van der Waals surface area contributed by atoms with Crippen LogP contribution in [0.4, 0.5) is 0 Å². The normalized spacial score (nSPS) is 17.3. The van der Waals surface area contributed by atoms with Crippen molar-refractivity contribution in [1.29, 1.82) is 0 Å². The molecule has 1 aromatic rings. The summed E-state index contributed by atoms with van der Waals surface area (Å²) in [7, 11) is 0. The molecule has 2 rings (SSSR count). The van der Waals surface area contributed by atoms with E-state index in [9.17, 15) is 0 Å². The Morgan fingerprint density at radius 3 is 2.85 bits per heavy atom. The summed E-state index contributed by atoms with van der Waals surface area (Å²) in [4.78, 5) is 2.23. The highest BCUT2D eigenvalue weighted by atomic mass is 16.3. The summed E-state index contributed by atoms with van der Waals surface area (Å²) in [6.07, 6.45) is 4.40. The zero-order valence-electron chi connectivity index (χ0n) is 11.8. The van der Waals surface area contributed by atoms with Gasteiger partial charge in [0.25, 0.3) is 0 Å². The van der Waals surface area contributed by atoms with E-state index in [2.05, 4.69) is 52.1 Å². The first-order valence-corrected chi connectivity index (χ1v) is 7.14. The molecule has 5 heteroatoms. The molecule has 1 aliphatic rings. The summed E-state index contributed by atoms with van der Waals surface area (Å²) in [6.45, 7) is 3.94. The molecule has 1 heterocycles. The molecule has 5 N–H and O–H groups in total. The van der Waals surface area contributed by atoms with Crippen LogP contribution < -0.4 is 16.4 Å². The summed E-state index contributed by atoms with van der Waals surface area (Å²) in [5.74, 6) is 0. The molecule has 0 spiro atoms. The molecule has 0 fully saturated rings. The fraction of sp³-hybridized carbons (Fsp3) is 0.467. The van der Waals surface area contributed by atoms with E-state index in [1.165, 1.54) is 11.1 Å². The molecule has 0 saturated heterocycles. The third kappa shape index (κ3) is 3.80. The number of nitrogens with zero attached hydrogens (tertiary/aromatic N) is 1. The van der Waals surface area contributed by atoms with Crippen molar-refractivity contribution in [3.63, 3.8) is 0 Å². The molecule has 0 aliphatic carbocycles. The average Bonchev–Trinajstić information content (AvgIpc) is 2.49. The number of nitrogens with two attached hydrogens (primary N) is 1. The highest BCUT2D eigenvalue weighted by molar-refractivity contribution is 5.56. The van der Waals surface area contributed by atoms with Gasteiger partial charge in [0.05, 0.1) is 6.61 Å². The van der Waals surface area contributed by atoms with Crippen molar-refractivity contribution in [3.8, 4) is 0 Å². The lowest BCUT2D eigenvalue weighted by atomic mass is 10.0. The maximum Gasteiger partial charge on any atom is 0.106 e. The van der Waals surface area contributed by atoms with Crippen LogP contribution in [0, 0.1) is 0 Å². The largest absolute Gasteiger partial charge is 0.395 e. The minimum atomic E-state index is 0.163. The number of fused-ring (bicyclic) bond motifs is 1. The summed E-state index contributed by atoms with van der Waals surface area (Å²) < 4.78 is 0. The van der Waals surface area contributed by atoms with E-state index < -0.39 is 0 Å². The first-order chi connectivity index (χ1) is 9.86. The van der Waals surface area contributed by atoms with Crippen molar-refractivity contribution in [1.82, 2.24) is 15.5 Å². The Labute approximate surface area is 120 Å². The maximum absolute atomic E-state index is 8.74. The minimum absolute atomic E-state index is 0.163. The predicted octanol–water partition coefficient (Wildman–Crippen LogP) is 0.102. The lowest BCUT2D eigenvalue weighted by Gasteiger charge is -2.35. The van der Waals surface area contributed by atoms with Crippen molar-refractivity contribution < 1.29 is 5.11 Å². The lowest BCUT2D eigenvalue weighted by Crippen LogP contribution is -2.42. The van der Waals surface area contributed by atoms with Crippen LogP contribution in [0.5, 0.6) is 0 Å². The van der Waals surface area contributed by atoms with Gasteiger partial charge in [-0.3, -0.25) is 5.32 Å². The van der Waals surface area contributed by atoms with Crippen LogP contribution in [-0.4, -0.2) is 49.3 Å². The molecule has 1 aromatic carbocycles. The Balaban J connectivity index is 1.99. The first-order valence-electron chi connectivity index (χ1n) is 7.14. The quantitative estimate of drug-likeness (QED) is 0.507. The van der Waals surface area contributed by atoms with Crippen LogP contribution in [0.15, 0.2) is 30.5 Å². The molecular weight excluding hydrogens is 252 g/mol. The standard InChI is InChI=1S/C15H24N4O/c16-6-11-19-10-5-13-3-1-2-4-14(13)15(19)18-8-7-17-9-12-20/h1-5,10,15,17-18,20H,6-9,11-12,16H2. The third-order valence-electron chi connectivity index (χ3n) is 3.38. The Morgan fingerprint density at radius 2 is 2.05 bits per heavy atom. The minimum Gasteiger partial charge on any atom is -0.395 e. The highest BCUT2D eigenvalue weighted by Gasteiger charge is 2.21. The van der Waals surface area contributed by atoms with Crippen molar-refractivity contribution in [3.05, 3.63) is 41.6 Å². The van der Waals surface area contributed by atoms with Crippen molar-refractivity contribution in [2.45, 2.75) is 6.17 Å². The van der Waals surface area contributed by atoms with Gasteiger partial charge in [0.15, 0.2) is 0 Å². The van der Waals surface area contributed by atoms with E-state index in [-0.39, 0.29) is 12.8 Å². The monoisotopic (exact) mass is 276 g/mol. The van der Waals surface area contributed by atoms with Crippen LogP contribution in [0.2, 0.25) is 0 Å². The van der Waals surface area contributed by atoms with Crippen LogP contribution in [-0.2, 0) is 0 Å². The van der Waals surface area contributed by atoms with Gasteiger partial charge in [-0.2, -0.15) is 0 Å². The zero-order valence-corrected chi connectivity index (χ0v) is 11.8. The van der Waals surface area contributed by atoms with Gasteiger partial charge < -0.3 is 21.1 Å². The molecule has 0 radical (unpaired) electrons. The summed E-state index contributed by atoms with van der Waals surface area (Å²) >= 11 is 0. The van der Waals surface area contributed by atoms with Gasteiger partial charge in [0.2, 0.25) is 0 Å². The first kappa shape index (κ1) is 15.0. The molecule has 0 saturated carbocycles. The van der Waals surface area contributed by atoms with Crippen LogP contribution in [0.1, 0.15) is 17.3 Å². The number of benzene rings is 1. The van der Waals surface area contributed by atoms with Crippen LogP contribution in [0.3, 0.4) is 0 Å². The number of nitrogens with one attached hydrogen (secondary N) is 2. The summed E-state index contributed by atoms with van der Waals surface area (Å²) in [5.41, 5.74) is 8.23. The maximum atomic E-state index is 8.74. The smallest absolute Gasteiger partial charge is 0.106 e. The number of hydrogen-bond donors (Lipinski definition) is 4. The fourth-order valence-corrected chi connectivity index (χ4v) is 2.43. The van der Waals surface area contributed by atoms with E-state index in [1.807, 2.05) is 0 Å². The lowest BCUT2D eigenvalue weighted by molar-refractivity contribution is 0.238. The van der Waals surface area contributed by atoms with Gasteiger partial charge in [-0.15, -0.1) is 0 Å². The third-order valence-corrected chi connectivity index (χ3v) is 3.38. The number of aliphatic hydroxyl groups is 1. The van der Waals surface area contributed by atoms with E-state index in [0.29, 0.717) is 13.1 Å². The number of rotatable bonds is 8. The van der Waals surface area contributed by atoms with E-state index in [0.717, 1.165) is 19.6 Å².